The van der Waals surface area contributed by atoms with E-state index in [1.807, 2.05) is 0 Å². The van der Waals surface area contributed by atoms with Crippen molar-refractivity contribution in [1.82, 2.24) is 0 Å². The predicted molar refractivity (Wildman–Crippen MR) is 224 cm³/mol. The Hall–Kier alpha value is -0.990. The van der Waals surface area contributed by atoms with Gasteiger partial charge < -0.3 is 19.2 Å². The summed E-state index contributed by atoms with van der Waals surface area (Å²) in [4.78, 5) is 0. The highest BCUT2D eigenvalue weighted by molar-refractivity contribution is 7.84. The van der Waals surface area contributed by atoms with E-state index in [-0.39, 0.29) is 12.2 Å². The summed E-state index contributed by atoms with van der Waals surface area (Å²) < 4.78 is 31.5. The van der Waals surface area contributed by atoms with Gasteiger partial charge in [-0.3, -0.25) is 0 Å². The molecule has 0 aliphatic heterocycles. The number of likely N-dealkylation sites (N-methyl/N-ethyl adjacent to an activating group) is 1. The Morgan fingerprint density at radius 2 is 0.769 bits per heavy atom. The molecule has 2 unspecified atom stereocenters. The van der Waals surface area contributed by atoms with Gasteiger partial charge in [-0.1, -0.05) is 224 Å². The zero-order chi connectivity index (χ0) is 38.6. The number of hydrogen-bond donors (Lipinski definition) is 2. The number of quaternary nitrogens is 1. The molecule has 7 heteroatoms. The number of nitrogens with zero attached hydrogens (tertiary/aromatic N) is 1. The van der Waals surface area contributed by atoms with Crippen LogP contribution < -0.4 is 0 Å². The summed E-state index contributed by atoms with van der Waals surface area (Å²) >= 11 is 0. The van der Waals surface area contributed by atoms with E-state index in [1.54, 1.807) is 30.3 Å². The van der Waals surface area contributed by atoms with Crippen molar-refractivity contribution in [1.29, 1.82) is 0 Å². The van der Waals surface area contributed by atoms with Crippen LogP contribution in [0.15, 0.2) is 30.3 Å². The first-order valence-corrected chi connectivity index (χ1v) is 23.7. The maximum absolute atomic E-state index is 10.6. The average Bonchev–Trinajstić information content (AvgIpc) is 3.08. The second-order valence-corrected chi connectivity index (χ2v) is 18.0. The first kappa shape index (κ1) is 51.0. The minimum atomic E-state index is -4.13. The molecule has 0 aliphatic carbocycles. The van der Waals surface area contributed by atoms with Gasteiger partial charge in [0.05, 0.1) is 30.0 Å². The van der Waals surface area contributed by atoms with Crippen molar-refractivity contribution < 1.29 is 27.7 Å². The monoisotopic (exact) mass is 754 g/mol. The van der Waals surface area contributed by atoms with Crippen molar-refractivity contribution >= 4 is 10.1 Å². The van der Waals surface area contributed by atoms with Gasteiger partial charge in [-0.05, 0) is 18.4 Å². The quantitative estimate of drug-likeness (QED) is 0.0404. The summed E-state index contributed by atoms with van der Waals surface area (Å²) in [6.07, 6.45) is 39.8. The molecule has 0 aliphatic rings. The van der Waals surface area contributed by atoms with Crippen molar-refractivity contribution in [3.8, 4) is 0 Å². The zero-order valence-electron chi connectivity index (χ0n) is 34.9. The van der Waals surface area contributed by atoms with E-state index in [0.717, 1.165) is 43.3 Å². The fourth-order valence-electron chi connectivity index (χ4n) is 7.33. The van der Waals surface area contributed by atoms with Crippen molar-refractivity contribution in [2.75, 3.05) is 27.2 Å². The largest absolute Gasteiger partial charge is 0.748 e. The minimum Gasteiger partial charge on any atom is -0.748 e. The lowest BCUT2D eigenvalue weighted by molar-refractivity contribution is -0.896. The van der Waals surface area contributed by atoms with Crippen LogP contribution in [0.2, 0.25) is 0 Å². The molecular formula is C45H87NO5S. The van der Waals surface area contributed by atoms with Crippen LogP contribution in [0.3, 0.4) is 0 Å². The van der Waals surface area contributed by atoms with Crippen LogP contribution in [0.5, 0.6) is 0 Å². The van der Waals surface area contributed by atoms with Crippen molar-refractivity contribution in [3.63, 3.8) is 0 Å². The maximum Gasteiger partial charge on any atom is 0.105 e. The molecule has 0 saturated carbocycles. The SMILES string of the molecule is CCCCCCCCCCCCCCCCC(O)C[N+](C)(C)CC(O)CCCCCCCCCCCCCCCC.O=S(=O)([O-])Cc1ccccc1. The molecule has 308 valence electrons. The molecule has 0 fully saturated rings. The van der Waals surface area contributed by atoms with Gasteiger partial charge in [0, 0.05) is 0 Å². The molecule has 1 aromatic rings. The van der Waals surface area contributed by atoms with Crippen molar-refractivity contribution in [2.24, 2.45) is 0 Å². The summed E-state index contributed by atoms with van der Waals surface area (Å²) in [7, 11) is 0.212. The molecule has 0 saturated heterocycles. The van der Waals surface area contributed by atoms with Gasteiger partial charge in [0.2, 0.25) is 0 Å². The number of benzene rings is 1. The van der Waals surface area contributed by atoms with Gasteiger partial charge in [0.15, 0.2) is 0 Å². The number of aliphatic hydroxyl groups is 2. The number of aliphatic hydroxyl groups excluding tert-OH is 2. The van der Waals surface area contributed by atoms with Gasteiger partial charge in [0.1, 0.15) is 25.3 Å². The molecule has 0 spiro atoms. The van der Waals surface area contributed by atoms with Crippen LogP contribution in [0, 0.1) is 0 Å². The van der Waals surface area contributed by atoms with Gasteiger partial charge >= 0.3 is 0 Å². The van der Waals surface area contributed by atoms with Crippen LogP contribution in [-0.4, -0.2) is 67.1 Å². The fraction of sp³-hybridized carbons (Fsp3) is 0.867. The van der Waals surface area contributed by atoms with E-state index in [9.17, 15) is 23.2 Å². The molecule has 0 radical (unpaired) electrons. The molecule has 0 aromatic heterocycles. The molecule has 2 atom stereocenters. The molecule has 1 aromatic carbocycles. The van der Waals surface area contributed by atoms with E-state index in [4.69, 9.17) is 0 Å². The lowest BCUT2D eigenvalue weighted by Gasteiger charge is -2.33. The molecule has 0 heterocycles. The Morgan fingerprint density at radius 3 is 1.04 bits per heavy atom. The highest BCUT2D eigenvalue weighted by Crippen LogP contribution is 2.17. The minimum absolute atomic E-state index is 0.240. The molecule has 0 bridgehead atoms. The third kappa shape index (κ3) is 38.7. The summed E-state index contributed by atoms with van der Waals surface area (Å²) in [6.45, 7) is 6.09. The van der Waals surface area contributed by atoms with Gasteiger partial charge in [0.25, 0.3) is 0 Å². The predicted octanol–water partition coefficient (Wildman–Crippen LogP) is 12.3. The van der Waals surface area contributed by atoms with Crippen molar-refractivity contribution in [2.45, 2.75) is 224 Å². The molecule has 1 rings (SSSR count). The van der Waals surface area contributed by atoms with Crippen LogP contribution in [0.4, 0.5) is 0 Å². The first-order chi connectivity index (χ1) is 25.0. The molecule has 0 amide bonds. The van der Waals surface area contributed by atoms with Crippen molar-refractivity contribution in [3.05, 3.63) is 35.9 Å². The molecule has 2 N–H and O–H groups in total. The summed E-state index contributed by atoms with van der Waals surface area (Å²) in [6, 6.07) is 8.37. The lowest BCUT2D eigenvalue weighted by Crippen LogP contribution is -2.49. The highest BCUT2D eigenvalue weighted by Gasteiger charge is 2.23. The van der Waals surface area contributed by atoms with Crippen LogP contribution in [0.25, 0.3) is 0 Å². The number of hydrogen-bond acceptors (Lipinski definition) is 5. The normalized spacial score (nSPS) is 13.1. The fourth-order valence-corrected chi connectivity index (χ4v) is 7.93. The molecule has 6 nitrogen and oxygen atoms in total. The Kier molecular flexibility index (Phi) is 35.0. The molecular weight excluding hydrogens is 667 g/mol. The summed E-state index contributed by atoms with van der Waals surface area (Å²) in [5, 5.41) is 21.2. The molecule has 52 heavy (non-hydrogen) atoms. The zero-order valence-corrected chi connectivity index (χ0v) is 35.7. The van der Waals surface area contributed by atoms with Crippen LogP contribution >= 0.6 is 0 Å². The second-order valence-electron chi connectivity index (χ2n) is 16.6. The Balaban J connectivity index is 0.00000199. The standard InChI is InChI=1S/C38H80NO2.C7H8O3S/c1-5-7-9-11-13-15-17-19-21-23-25-27-29-31-33-37(40)35-39(3,4)36-38(41)34-32-30-28-26-24-22-20-18-16-14-12-10-8-6-2;8-11(9,10)6-7-4-2-1-3-5-7/h37-38,40-41H,5-36H2,1-4H3;1-5H,6H2,(H,8,9,10)/q+1;/p-1. The number of unbranched alkanes of at least 4 members (excludes halogenated alkanes) is 26. The number of rotatable bonds is 36. The lowest BCUT2D eigenvalue weighted by atomic mass is 10.0. The Bertz CT molecular complexity index is 929. The van der Waals surface area contributed by atoms with Crippen LogP contribution in [0.1, 0.15) is 212 Å². The third-order valence-electron chi connectivity index (χ3n) is 10.4. The highest BCUT2D eigenvalue weighted by atomic mass is 32.2. The summed E-state index contributed by atoms with van der Waals surface area (Å²) in [5.41, 5.74) is 0.530. The summed E-state index contributed by atoms with van der Waals surface area (Å²) in [5.74, 6) is -0.423. The van der Waals surface area contributed by atoms with E-state index < -0.39 is 15.9 Å². The van der Waals surface area contributed by atoms with Crippen LogP contribution in [-0.2, 0) is 15.9 Å². The van der Waals surface area contributed by atoms with E-state index in [1.165, 1.54) is 167 Å². The van der Waals surface area contributed by atoms with Gasteiger partial charge in [-0.2, -0.15) is 0 Å². The first-order valence-electron chi connectivity index (χ1n) is 22.1. The van der Waals surface area contributed by atoms with Gasteiger partial charge in [-0.25, -0.2) is 8.42 Å². The van der Waals surface area contributed by atoms with Gasteiger partial charge in [-0.15, -0.1) is 0 Å². The van der Waals surface area contributed by atoms with E-state index in [0.29, 0.717) is 5.56 Å². The third-order valence-corrected chi connectivity index (χ3v) is 11.1. The van der Waals surface area contributed by atoms with E-state index >= 15 is 0 Å². The maximum atomic E-state index is 10.6. The smallest absolute Gasteiger partial charge is 0.105 e. The van der Waals surface area contributed by atoms with E-state index in [2.05, 4.69) is 27.9 Å². The topological polar surface area (TPSA) is 97.7 Å². The Labute approximate surface area is 324 Å². The second kappa shape index (κ2) is 35.7. The average molecular weight is 754 g/mol. The Morgan fingerprint density at radius 1 is 0.500 bits per heavy atom.